The Morgan fingerprint density at radius 3 is 2.45 bits per heavy atom. The Hall–Kier alpha value is -0.660. The van der Waals surface area contributed by atoms with Gasteiger partial charge in [-0.25, -0.2) is 0 Å². The number of thioether (sulfide) groups is 2. The maximum atomic E-state index is 8.36. The highest BCUT2D eigenvalue weighted by molar-refractivity contribution is 8.03. The summed E-state index contributed by atoms with van der Waals surface area (Å²) in [6, 6.07) is 0.754. The fourth-order valence-corrected chi connectivity index (χ4v) is 5.20. The molecule has 1 aliphatic rings. The molecule has 0 atom stereocenters. The fourth-order valence-electron chi connectivity index (χ4n) is 2.49. The zero-order chi connectivity index (χ0) is 16.4. The maximum Gasteiger partial charge on any atom is 0.290 e. The van der Waals surface area contributed by atoms with Gasteiger partial charge in [0.1, 0.15) is 0 Å². The Balaban J connectivity index is 0.000000745. The smallest absolute Gasteiger partial charge is 0.290 e. The Labute approximate surface area is 141 Å². The van der Waals surface area contributed by atoms with E-state index in [0.717, 1.165) is 12.5 Å². The first kappa shape index (κ1) is 19.4. The predicted octanol–water partition coefficient (Wildman–Crippen LogP) is 2.44. The molecule has 1 fully saturated rings. The van der Waals surface area contributed by atoms with Crippen LogP contribution in [0.5, 0.6) is 0 Å². The standard InChI is InChI=1S/C14H25N3S2.CH2O2/c1-11-14(12(2)16-15-11)5-4-6-17(3)13-9-18-7-8-19-10-13;2-1-3/h13H,4-10H2,1-3H3,(H,15,16);1H,(H,2,3). The maximum absolute atomic E-state index is 8.36. The number of nitrogens with zero attached hydrogens (tertiary/aromatic N) is 2. The van der Waals surface area contributed by atoms with Crippen LogP contribution < -0.4 is 0 Å². The Morgan fingerprint density at radius 2 is 1.95 bits per heavy atom. The van der Waals surface area contributed by atoms with E-state index in [1.807, 2.05) is 0 Å². The Bertz CT molecular complexity index is 413. The quantitative estimate of drug-likeness (QED) is 0.799. The number of aromatic nitrogens is 2. The van der Waals surface area contributed by atoms with Gasteiger partial charge in [0, 0.05) is 34.7 Å². The van der Waals surface area contributed by atoms with E-state index >= 15 is 0 Å². The number of H-pyrrole nitrogens is 1. The summed E-state index contributed by atoms with van der Waals surface area (Å²) in [6.45, 7) is 5.16. The van der Waals surface area contributed by atoms with Crippen LogP contribution in [0.15, 0.2) is 0 Å². The molecule has 0 radical (unpaired) electrons. The number of hydrogen-bond acceptors (Lipinski definition) is 5. The lowest BCUT2D eigenvalue weighted by Gasteiger charge is -2.26. The lowest BCUT2D eigenvalue weighted by molar-refractivity contribution is -0.122. The van der Waals surface area contributed by atoms with Gasteiger partial charge in [-0.3, -0.25) is 9.89 Å². The van der Waals surface area contributed by atoms with Crippen LogP contribution in [0.3, 0.4) is 0 Å². The number of hydrogen-bond donors (Lipinski definition) is 2. The third kappa shape index (κ3) is 6.62. The molecule has 2 rings (SSSR count). The molecule has 0 aliphatic carbocycles. The van der Waals surface area contributed by atoms with Gasteiger partial charge in [0.2, 0.25) is 0 Å². The fraction of sp³-hybridized carbons (Fsp3) is 0.733. The molecule has 0 unspecified atom stereocenters. The van der Waals surface area contributed by atoms with Gasteiger partial charge in [-0.2, -0.15) is 28.6 Å². The molecular formula is C15H27N3O2S2. The van der Waals surface area contributed by atoms with Crippen LogP contribution >= 0.6 is 23.5 Å². The van der Waals surface area contributed by atoms with Crippen LogP contribution in [-0.4, -0.2) is 69.3 Å². The van der Waals surface area contributed by atoms with E-state index in [1.165, 1.54) is 52.9 Å². The van der Waals surface area contributed by atoms with Gasteiger partial charge in [-0.1, -0.05) is 0 Å². The Kier molecular flexibility index (Phi) is 9.66. The second-order valence-electron chi connectivity index (χ2n) is 5.41. The van der Waals surface area contributed by atoms with Gasteiger partial charge >= 0.3 is 0 Å². The molecule has 5 nitrogen and oxygen atoms in total. The largest absolute Gasteiger partial charge is 0.483 e. The van der Waals surface area contributed by atoms with E-state index in [1.54, 1.807) is 0 Å². The zero-order valence-corrected chi connectivity index (χ0v) is 15.3. The minimum atomic E-state index is -0.250. The van der Waals surface area contributed by atoms with Crippen LogP contribution in [0.1, 0.15) is 23.4 Å². The molecule has 1 aromatic heterocycles. The van der Waals surface area contributed by atoms with Gasteiger partial charge < -0.3 is 10.0 Å². The van der Waals surface area contributed by atoms with E-state index < -0.39 is 0 Å². The normalized spacial score (nSPS) is 16.0. The van der Waals surface area contributed by atoms with Crippen molar-refractivity contribution in [3.05, 3.63) is 17.0 Å². The van der Waals surface area contributed by atoms with Crippen molar-refractivity contribution in [3.8, 4) is 0 Å². The van der Waals surface area contributed by atoms with Crippen molar-refractivity contribution in [3.63, 3.8) is 0 Å². The molecule has 22 heavy (non-hydrogen) atoms. The first-order valence-electron chi connectivity index (χ1n) is 7.54. The van der Waals surface area contributed by atoms with E-state index in [4.69, 9.17) is 9.90 Å². The molecular weight excluding hydrogens is 318 g/mol. The van der Waals surface area contributed by atoms with Crippen molar-refractivity contribution in [2.45, 2.75) is 32.7 Å². The molecule has 2 heterocycles. The summed E-state index contributed by atoms with van der Waals surface area (Å²) in [4.78, 5) is 10.9. The topological polar surface area (TPSA) is 69.2 Å². The van der Waals surface area contributed by atoms with Gasteiger partial charge in [-0.05, 0) is 45.8 Å². The lowest BCUT2D eigenvalue weighted by Crippen LogP contribution is -2.36. The molecule has 1 aliphatic heterocycles. The lowest BCUT2D eigenvalue weighted by atomic mass is 10.1. The first-order chi connectivity index (χ1) is 10.6. The molecule has 7 heteroatoms. The summed E-state index contributed by atoms with van der Waals surface area (Å²) < 4.78 is 0. The van der Waals surface area contributed by atoms with Crippen molar-refractivity contribution < 1.29 is 9.90 Å². The molecule has 2 N–H and O–H groups in total. The molecule has 1 aromatic rings. The van der Waals surface area contributed by atoms with Gasteiger partial charge in [0.25, 0.3) is 6.47 Å². The van der Waals surface area contributed by atoms with Crippen LogP contribution in [0.4, 0.5) is 0 Å². The van der Waals surface area contributed by atoms with E-state index in [2.05, 4.69) is 59.5 Å². The number of carbonyl (C=O) groups is 1. The summed E-state index contributed by atoms with van der Waals surface area (Å²) in [5, 5.41) is 14.2. The average molecular weight is 346 g/mol. The van der Waals surface area contributed by atoms with E-state index in [9.17, 15) is 0 Å². The summed E-state index contributed by atoms with van der Waals surface area (Å²) in [6.07, 6.45) is 2.37. The highest BCUT2D eigenvalue weighted by atomic mass is 32.2. The molecule has 126 valence electrons. The third-order valence-electron chi connectivity index (χ3n) is 3.83. The number of carboxylic acid groups (broad SMARTS) is 1. The minimum absolute atomic E-state index is 0.250. The molecule has 0 aromatic carbocycles. The van der Waals surface area contributed by atoms with Gasteiger partial charge in [0.05, 0.1) is 5.69 Å². The van der Waals surface area contributed by atoms with Crippen molar-refractivity contribution in [1.82, 2.24) is 15.1 Å². The predicted molar refractivity (Wildman–Crippen MR) is 96.1 cm³/mol. The summed E-state index contributed by atoms with van der Waals surface area (Å²) >= 11 is 4.22. The van der Waals surface area contributed by atoms with E-state index in [-0.39, 0.29) is 6.47 Å². The van der Waals surface area contributed by atoms with Crippen molar-refractivity contribution in [1.29, 1.82) is 0 Å². The second-order valence-corrected chi connectivity index (χ2v) is 7.71. The van der Waals surface area contributed by atoms with Gasteiger partial charge in [0.15, 0.2) is 0 Å². The molecule has 0 bridgehead atoms. The van der Waals surface area contributed by atoms with Crippen molar-refractivity contribution in [2.24, 2.45) is 0 Å². The molecule has 0 saturated carbocycles. The molecule has 0 spiro atoms. The zero-order valence-electron chi connectivity index (χ0n) is 13.7. The van der Waals surface area contributed by atoms with Crippen molar-refractivity contribution in [2.75, 3.05) is 36.6 Å². The SMILES string of the molecule is Cc1n[nH]c(C)c1CCCN(C)C1CSCCSC1.O=CO. The van der Waals surface area contributed by atoms with Crippen LogP contribution in [0.2, 0.25) is 0 Å². The molecule has 0 amide bonds. The number of aryl methyl sites for hydroxylation is 2. The average Bonchev–Trinajstić information content (AvgIpc) is 2.73. The van der Waals surface area contributed by atoms with Crippen LogP contribution in [0.25, 0.3) is 0 Å². The number of nitrogens with one attached hydrogen (secondary N) is 1. The molecule has 1 saturated heterocycles. The third-order valence-corrected chi connectivity index (χ3v) is 6.32. The van der Waals surface area contributed by atoms with Crippen LogP contribution in [0, 0.1) is 13.8 Å². The first-order valence-corrected chi connectivity index (χ1v) is 9.85. The summed E-state index contributed by atoms with van der Waals surface area (Å²) in [5.74, 6) is 5.24. The van der Waals surface area contributed by atoms with Crippen LogP contribution in [-0.2, 0) is 11.2 Å². The van der Waals surface area contributed by atoms with Gasteiger partial charge in [-0.15, -0.1) is 0 Å². The Morgan fingerprint density at radius 1 is 1.36 bits per heavy atom. The summed E-state index contributed by atoms with van der Waals surface area (Å²) in [7, 11) is 2.28. The highest BCUT2D eigenvalue weighted by Crippen LogP contribution is 2.20. The van der Waals surface area contributed by atoms with Crippen molar-refractivity contribution >= 4 is 30.0 Å². The number of rotatable bonds is 5. The van der Waals surface area contributed by atoms with E-state index in [0.29, 0.717) is 0 Å². The highest BCUT2D eigenvalue weighted by Gasteiger charge is 2.17. The number of aromatic amines is 1. The summed E-state index contributed by atoms with van der Waals surface area (Å²) in [5.41, 5.74) is 3.82. The monoisotopic (exact) mass is 345 g/mol. The second kappa shape index (κ2) is 11.0. The minimum Gasteiger partial charge on any atom is -0.483 e.